The molecule has 1 unspecified atom stereocenters. The van der Waals surface area contributed by atoms with Crippen molar-refractivity contribution in [2.24, 2.45) is 16.8 Å². The van der Waals surface area contributed by atoms with Gasteiger partial charge in [0.2, 0.25) is 0 Å². The summed E-state index contributed by atoms with van der Waals surface area (Å²) < 4.78 is 0. The summed E-state index contributed by atoms with van der Waals surface area (Å²) in [6.07, 6.45) is 1.32. The highest BCUT2D eigenvalue weighted by Crippen LogP contribution is 2.21. The molecule has 0 aliphatic carbocycles. The van der Waals surface area contributed by atoms with E-state index in [0.29, 0.717) is 12.0 Å². The highest BCUT2D eigenvalue weighted by Gasteiger charge is 2.24. The van der Waals surface area contributed by atoms with Crippen LogP contribution in [-0.4, -0.2) is 48.0 Å². The lowest BCUT2D eigenvalue weighted by molar-refractivity contribution is 0.344. The Bertz CT molecular complexity index is 278. The van der Waals surface area contributed by atoms with E-state index in [1.165, 1.54) is 37.0 Å². The Kier molecular flexibility index (Phi) is 4.74. The number of nitrogens with zero attached hydrogens (tertiary/aromatic N) is 2. The summed E-state index contributed by atoms with van der Waals surface area (Å²) in [4.78, 5) is 7.27. The molecule has 0 aromatic heterocycles. The molecule has 0 radical (unpaired) electrons. The summed E-state index contributed by atoms with van der Waals surface area (Å²) in [5.74, 6) is 2.67. The van der Waals surface area contributed by atoms with Crippen LogP contribution in [0.4, 0.5) is 0 Å². The molecule has 0 aromatic carbocycles. The van der Waals surface area contributed by atoms with Crippen LogP contribution in [0.2, 0.25) is 0 Å². The Morgan fingerprint density at radius 1 is 1.53 bits per heavy atom. The number of nitrogens with one attached hydrogen (secondary N) is 1. The number of hydrogen-bond donors (Lipinski definition) is 1. The summed E-state index contributed by atoms with van der Waals surface area (Å²) in [6.45, 7) is 11.5. The van der Waals surface area contributed by atoms with Crippen molar-refractivity contribution in [3.63, 3.8) is 0 Å². The SMILES string of the molecule is CCN1CCC(CN=C2N[C@@H](C(C)C)CS2)C1. The second kappa shape index (κ2) is 6.10. The molecule has 2 saturated heterocycles. The van der Waals surface area contributed by atoms with Crippen molar-refractivity contribution in [3.8, 4) is 0 Å². The largest absolute Gasteiger partial charge is 0.361 e. The van der Waals surface area contributed by atoms with E-state index in [4.69, 9.17) is 4.99 Å². The van der Waals surface area contributed by atoms with Gasteiger partial charge in [-0.3, -0.25) is 4.99 Å². The fourth-order valence-corrected chi connectivity index (χ4v) is 3.63. The quantitative estimate of drug-likeness (QED) is 0.833. The van der Waals surface area contributed by atoms with Gasteiger partial charge in [0.1, 0.15) is 0 Å². The van der Waals surface area contributed by atoms with Crippen molar-refractivity contribution in [1.29, 1.82) is 0 Å². The van der Waals surface area contributed by atoms with Crippen molar-refractivity contribution in [3.05, 3.63) is 0 Å². The van der Waals surface area contributed by atoms with Crippen molar-refractivity contribution in [2.45, 2.75) is 33.2 Å². The Morgan fingerprint density at radius 2 is 2.35 bits per heavy atom. The molecule has 2 aliphatic heterocycles. The van der Waals surface area contributed by atoms with Crippen molar-refractivity contribution in [1.82, 2.24) is 10.2 Å². The first-order valence-electron chi connectivity index (χ1n) is 6.85. The van der Waals surface area contributed by atoms with Crippen molar-refractivity contribution in [2.75, 3.05) is 31.9 Å². The highest BCUT2D eigenvalue weighted by atomic mass is 32.2. The summed E-state index contributed by atoms with van der Waals surface area (Å²) in [6, 6.07) is 0.620. The van der Waals surface area contributed by atoms with E-state index in [-0.39, 0.29) is 0 Å². The van der Waals surface area contributed by atoms with Gasteiger partial charge in [-0.15, -0.1) is 0 Å². The molecule has 4 heteroatoms. The standard InChI is InChI=1S/C13H25N3S/c1-4-16-6-5-11(8-16)7-14-13-15-12(9-17-13)10(2)3/h10-12H,4-9H2,1-3H3,(H,14,15)/t11?,12-/m1/s1. The van der Waals surface area contributed by atoms with Gasteiger partial charge in [0.05, 0.1) is 0 Å². The van der Waals surface area contributed by atoms with Crippen LogP contribution >= 0.6 is 11.8 Å². The number of amidine groups is 1. The number of rotatable bonds is 4. The smallest absolute Gasteiger partial charge is 0.156 e. The molecule has 0 spiro atoms. The number of aliphatic imine (C=N–C) groups is 1. The second-order valence-electron chi connectivity index (χ2n) is 5.50. The third-order valence-electron chi connectivity index (χ3n) is 3.82. The minimum atomic E-state index is 0.620. The first-order chi connectivity index (χ1) is 8.19. The first-order valence-corrected chi connectivity index (χ1v) is 7.83. The molecule has 3 nitrogen and oxygen atoms in total. The van der Waals surface area contributed by atoms with Crippen molar-refractivity contribution >= 4 is 16.9 Å². The van der Waals surface area contributed by atoms with Crippen LogP contribution in [0.15, 0.2) is 4.99 Å². The van der Waals surface area contributed by atoms with Crippen LogP contribution in [0.3, 0.4) is 0 Å². The van der Waals surface area contributed by atoms with Crippen LogP contribution in [0.1, 0.15) is 27.2 Å². The van der Waals surface area contributed by atoms with Gasteiger partial charge in [0.15, 0.2) is 5.17 Å². The first kappa shape index (κ1) is 13.2. The van der Waals surface area contributed by atoms with Gasteiger partial charge < -0.3 is 10.2 Å². The Morgan fingerprint density at radius 3 is 2.94 bits per heavy atom. The van der Waals surface area contributed by atoms with Crippen molar-refractivity contribution < 1.29 is 0 Å². The number of likely N-dealkylation sites (tertiary alicyclic amines) is 1. The van der Waals surface area contributed by atoms with Crippen LogP contribution in [0.5, 0.6) is 0 Å². The molecular formula is C13H25N3S. The molecule has 0 amide bonds. The Labute approximate surface area is 109 Å². The predicted octanol–water partition coefficient (Wildman–Crippen LogP) is 2.05. The predicted molar refractivity (Wildman–Crippen MR) is 76.7 cm³/mol. The molecule has 2 rings (SSSR count). The molecule has 2 heterocycles. The van der Waals surface area contributed by atoms with Gasteiger partial charge in [-0.1, -0.05) is 32.5 Å². The van der Waals surface area contributed by atoms with Gasteiger partial charge in [-0.2, -0.15) is 0 Å². The molecule has 2 atom stereocenters. The summed E-state index contributed by atoms with van der Waals surface area (Å²) >= 11 is 1.89. The number of thioether (sulfide) groups is 1. The maximum atomic E-state index is 4.75. The molecule has 2 aliphatic rings. The van der Waals surface area contributed by atoms with Gasteiger partial charge in [0, 0.05) is 24.9 Å². The van der Waals surface area contributed by atoms with Crippen LogP contribution in [-0.2, 0) is 0 Å². The highest BCUT2D eigenvalue weighted by molar-refractivity contribution is 8.14. The van der Waals surface area contributed by atoms with Gasteiger partial charge >= 0.3 is 0 Å². The fraction of sp³-hybridized carbons (Fsp3) is 0.923. The Hall–Kier alpha value is -0.220. The zero-order valence-electron chi connectivity index (χ0n) is 11.3. The molecule has 0 bridgehead atoms. The molecular weight excluding hydrogens is 230 g/mol. The lowest BCUT2D eigenvalue weighted by atomic mass is 10.1. The minimum Gasteiger partial charge on any atom is -0.361 e. The van der Waals surface area contributed by atoms with E-state index < -0.39 is 0 Å². The maximum Gasteiger partial charge on any atom is 0.156 e. The zero-order valence-corrected chi connectivity index (χ0v) is 12.1. The molecule has 0 saturated carbocycles. The second-order valence-corrected chi connectivity index (χ2v) is 6.51. The van der Waals surface area contributed by atoms with E-state index >= 15 is 0 Å². The monoisotopic (exact) mass is 255 g/mol. The average molecular weight is 255 g/mol. The van der Waals surface area contributed by atoms with E-state index in [9.17, 15) is 0 Å². The van der Waals surface area contributed by atoms with Crippen LogP contribution < -0.4 is 5.32 Å². The lowest BCUT2D eigenvalue weighted by Gasteiger charge is -2.13. The van der Waals surface area contributed by atoms with Crippen LogP contribution in [0, 0.1) is 11.8 Å². The summed E-state index contributed by atoms with van der Waals surface area (Å²) in [5.41, 5.74) is 0. The maximum absolute atomic E-state index is 4.75. The lowest BCUT2D eigenvalue weighted by Crippen LogP contribution is -2.31. The third kappa shape index (κ3) is 3.62. The zero-order chi connectivity index (χ0) is 12.3. The molecule has 2 fully saturated rings. The summed E-state index contributed by atoms with van der Waals surface area (Å²) in [7, 11) is 0. The van der Waals surface area contributed by atoms with E-state index in [1.54, 1.807) is 0 Å². The third-order valence-corrected chi connectivity index (χ3v) is 4.87. The van der Waals surface area contributed by atoms with Crippen LogP contribution in [0.25, 0.3) is 0 Å². The number of hydrogen-bond acceptors (Lipinski definition) is 3. The topological polar surface area (TPSA) is 27.6 Å². The fourth-order valence-electron chi connectivity index (χ4n) is 2.42. The summed E-state index contributed by atoms with van der Waals surface area (Å²) in [5, 5.41) is 4.72. The van der Waals surface area contributed by atoms with E-state index in [0.717, 1.165) is 12.5 Å². The minimum absolute atomic E-state index is 0.620. The molecule has 17 heavy (non-hydrogen) atoms. The normalized spacial score (nSPS) is 32.6. The van der Waals surface area contributed by atoms with Gasteiger partial charge in [-0.25, -0.2) is 0 Å². The molecule has 1 N–H and O–H groups in total. The van der Waals surface area contributed by atoms with Gasteiger partial charge in [-0.05, 0) is 31.3 Å². The average Bonchev–Trinajstić information content (AvgIpc) is 2.95. The van der Waals surface area contributed by atoms with Gasteiger partial charge in [0.25, 0.3) is 0 Å². The van der Waals surface area contributed by atoms with E-state index in [2.05, 4.69) is 31.0 Å². The molecule has 0 aromatic rings. The van der Waals surface area contributed by atoms with E-state index in [1.807, 2.05) is 11.8 Å². The molecule has 98 valence electrons. The Balaban J connectivity index is 1.75.